The molecule has 4 heteroatoms. The van der Waals surface area contributed by atoms with E-state index < -0.39 is 0 Å². The molecule has 0 aromatic carbocycles. The number of Topliss-reactive ketones (excluding diaryl/α,β-unsaturated/α-hetero) is 1. The summed E-state index contributed by atoms with van der Waals surface area (Å²) in [5.41, 5.74) is 0. The normalized spacial score (nSPS) is 12.4. The molecule has 0 N–H and O–H groups in total. The summed E-state index contributed by atoms with van der Waals surface area (Å²) in [6.45, 7) is 6.49. The Morgan fingerprint density at radius 2 is 1.88 bits per heavy atom. The van der Waals surface area contributed by atoms with Crippen LogP contribution in [0.15, 0.2) is 0 Å². The molecule has 0 rings (SSSR count). The number of hydrogen-bond acceptors (Lipinski definition) is 4. The maximum absolute atomic E-state index is 11.0. The van der Waals surface area contributed by atoms with Crippen LogP contribution in [-0.2, 0) is 14.3 Å². The van der Waals surface area contributed by atoms with Gasteiger partial charge in [0.1, 0.15) is 5.78 Å². The van der Waals surface area contributed by atoms with Crippen molar-refractivity contribution in [2.45, 2.75) is 46.3 Å². The molecule has 0 aromatic heterocycles. The number of carbonyl (C=O) groups excluding carboxylic acids is 1. The van der Waals surface area contributed by atoms with Crippen molar-refractivity contribution in [3.63, 3.8) is 0 Å². The fraction of sp³-hybridized carbons (Fsp3) is 0.833. The molecule has 0 saturated heterocycles. The van der Waals surface area contributed by atoms with E-state index in [1.54, 1.807) is 6.92 Å². The van der Waals surface area contributed by atoms with E-state index in [1.165, 1.54) is 0 Å². The number of hydrogen-bond donors (Lipinski definition) is 0. The van der Waals surface area contributed by atoms with Crippen molar-refractivity contribution in [2.24, 2.45) is 5.92 Å². The Morgan fingerprint density at radius 1 is 1.31 bits per heavy atom. The van der Waals surface area contributed by atoms with Crippen molar-refractivity contribution in [1.82, 2.24) is 0 Å². The van der Waals surface area contributed by atoms with Gasteiger partial charge in [0.25, 0.3) is 0 Å². The maximum atomic E-state index is 11.0. The molecule has 0 fully saturated rings. The smallest absolute Gasteiger partial charge is 0.157 e. The van der Waals surface area contributed by atoms with Gasteiger partial charge in [0.05, 0.1) is 6.07 Å². The Balaban J connectivity index is 4.20. The second-order valence-corrected chi connectivity index (χ2v) is 3.71. The van der Waals surface area contributed by atoms with Crippen LogP contribution in [0.4, 0.5) is 0 Å². The summed E-state index contributed by atoms with van der Waals surface area (Å²) in [5, 5.41) is 8.68. The minimum Gasteiger partial charge on any atom is -0.353 e. The van der Waals surface area contributed by atoms with Gasteiger partial charge < -0.3 is 14.3 Å². The van der Waals surface area contributed by atoms with Gasteiger partial charge in [-0.25, -0.2) is 0 Å². The molecule has 0 aliphatic carbocycles. The van der Waals surface area contributed by atoms with E-state index in [0.717, 1.165) is 0 Å². The predicted molar refractivity (Wildman–Crippen MR) is 60.7 cm³/mol. The van der Waals surface area contributed by atoms with Gasteiger partial charge in [0, 0.05) is 32.5 Å². The molecule has 16 heavy (non-hydrogen) atoms. The van der Waals surface area contributed by atoms with Gasteiger partial charge in [0.15, 0.2) is 6.29 Å². The zero-order chi connectivity index (χ0) is 12.4. The molecule has 0 aliphatic heterocycles. The molecule has 0 aromatic rings. The summed E-state index contributed by atoms with van der Waals surface area (Å²) in [5.74, 6) is 0.137. The van der Waals surface area contributed by atoms with Crippen LogP contribution in [-0.4, -0.2) is 25.3 Å². The quantitative estimate of drug-likeness (QED) is 0.567. The highest BCUT2D eigenvalue weighted by Gasteiger charge is 2.18. The van der Waals surface area contributed by atoms with Crippen LogP contribution in [0.2, 0.25) is 0 Å². The van der Waals surface area contributed by atoms with Crippen LogP contribution in [0.3, 0.4) is 0 Å². The van der Waals surface area contributed by atoms with Crippen LogP contribution in [0.5, 0.6) is 0 Å². The lowest BCUT2D eigenvalue weighted by atomic mass is 9.96. The van der Waals surface area contributed by atoms with Gasteiger partial charge in [-0.2, -0.15) is 5.26 Å². The maximum Gasteiger partial charge on any atom is 0.157 e. The molecule has 92 valence electrons. The number of nitriles is 1. The molecule has 0 aliphatic rings. The topological polar surface area (TPSA) is 59.3 Å². The van der Waals surface area contributed by atoms with E-state index in [0.29, 0.717) is 32.5 Å². The summed E-state index contributed by atoms with van der Waals surface area (Å²) < 4.78 is 10.8. The average Bonchev–Trinajstić information content (AvgIpc) is 2.17. The lowest BCUT2D eigenvalue weighted by Gasteiger charge is -2.21. The summed E-state index contributed by atoms with van der Waals surface area (Å²) in [6, 6.07) is 2.10. The summed E-state index contributed by atoms with van der Waals surface area (Å²) in [4.78, 5) is 11.0. The van der Waals surface area contributed by atoms with Crippen LogP contribution < -0.4 is 0 Å². The van der Waals surface area contributed by atoms with Crippen molar-refractivity contribution in [1.29, 1.82) is 5.26 Å². The highest BCUT2D eigenvalue weighted by atomic mass is 16.7. The van der Waals surface area contributed by atoms with Crippen LogP contribution in [0.1, 0.15) is 40.0 Å². The number of ketones is 1. The standard InChI is InChI=1S/C12H21NO3/c1-4-15-12(16-5-2)9-11(6-7-13)8-10(3)14/h11-12H,4-6,8-9H2,1-3H3. The molecule has 0 amide bonds. The monoisotopic (exact) mass is 227 g/mol. The van der Waals surface area contributed by atoms with E-state index in [2.05, 4.69) is 6.07 Å². The third-order valence-electron chi connectivity index (χ3n) is 2.19. The zero-order valence-corrected chi connectivity index (χ0v) is 10.4. The molecule has 0 bridgehead atoms. The Kier molecular flexibility index (Phi) is 8.78. The Bertz CT molecular complexity index is 229. The predicted octanol–water partition coefficient (Wildman–Crippen LogP) is 2.28. The van der Waals surface area contributed by atoms with E-state index in [1.807, 2.05) is 13.8 Å². The zero-order valence-electron chi connectivity index (χ0n) is 10.4. The first-order valence-corrected chi connectivity index (χ1v) is 5.73. The minimum absolute atomic E-state index is 0.0330. The molecule has 0 saturated carbocycles. The molecular weight excluding hydrogens is 206 g/mol. The fourth-order valence-electron chi connectivity index (χ4n) is 1.60. The molecule has 0 spiro atoms. The van der Waals surface area contributed by atoms with Crippen molar-refractivity contribution < 1.29 is 14.3 Å². The van der Waals surface area contributed by atoms with E-state index in [-0.39, 0.29) is 18.0 Å². The lowest BCUT2D eigenvalue weighted by Crippen LogP contribution is -2.22. The molecule has 1 atom stereocenters. The van der Waals surface area contributed by atoms with E-state index >= 15 is 0 Å². The molecule has 0 heterocycles. The number of ether oxygens (including phenoxy) is 2. The Hall–Kier alpha value is -0.920. The van der Waals surface area contributed by atoms with Gasteiger partial charge in [0.2, 0.25) is 0 Å². The fourth-order valence-corrected chi connectivity index (χ4v) is 1.60. The first-order chi connectivity index (χ1) is 7.63. The highest BCUT2D eigenvalue weighted by Crippen LogP contribution is 2.18. The van der Waals surface area contributed by atoms with Crippen LogP contribution >= 0.6 is 0 Å². The SMILES string of the molecule is CCOC(CC(CC#N)CC(C)=O)OCC. The third-order valence-corrected chi connectivity index (χ3v) is 2.19. The van der Waals surface area contributed by atoms with Gasteiger partial charge >= 0.3 is 0 Å². The molecule has 0 radical (unpaired) electrons. The van der Waals surface area contributed by atoms with Crippen molar-refractivity contribution in [2.75, 3.05) is 13.2 Å². The summed E-state index contributed by atoms with van der Waals surface area (Å²) in [7, 11) is 0. The molecular formula is C12H21NO3. The third kappa shape index (κ3) is 7.38. The van der Waals surface area contributed by atoms with E-state index in [4.69, 9.17) is 14.7 Å². The largest absolute Gasteiger partial charge is 0.353 e. The van der Waals surface area contributed by atoms with E-state index in [9.17, 15) is 4.79 Å². The first kappa shape index (κ1) is 15.1. The van der Waals surface area contributed by atoms with Crippen molar-refractivity contribution >= 4 is 5.78 Å². The highest BCUT2D eigenvalue weighted by molar-refractivity contribution is 5.75. The lowest BCUT2D eigenvalue weighted by molar-refractivity contribution is -0.147. The van der Waals surface area contributed by atoms with Gasteiger partial charge in [-0.05, 0) is 26.7 Å². The van der Waals surface area contributed by atoms with Gasteiger partial charge in [-0.15, -0.1) is 0 Å². The number of carbonyl (C=O) groups is 1. The van der Waals surface area contributed by atoms with Gasteiger partial charge in [-0.3, -0.25) is 0 Å². The minimum atomic E-state index is -0.298. The molecule has 1 unspecified atom stereocenters. The number of nitrogens with zero attached hydrogens (tertiary/aromatic N) is 1. The Morgan fingerprint density at radius 3 is 2.25 bits per heavy atom. The average molecular weight is 227 g/mol. The molecule has 4 nitrogen and oxygen atoms in total. The second-order valence-electron chi connectivity index (χ2n) is 3.71. The Labute approximate surface area is 97.5 Å². The second kappa shape index (κ2) is 9.32. The first-order valence-electron chi connectivity index (χ1n) is 5.73. The van der Waals surface area contributed by atoms with Gasteiger partial charge in [-0.1, -0.05) is 0 Å². The van der Waals surface area contributed by atoms with Crippen molar-refractivity contribution in [3.05, 3.63) is 0 Å². The van der Waals surface area contributed by atoms with Crippen LogP contribution in [0, 0.1) is 17.2 Å². The van der Waals surface area contributed by atoms with Crippen LogP contribution in [0.25, 0.3) is 0 Å². The summed E-state index contributed by atoms with van der Waals surface area (Å²) in [6.07, 6.45) is 1.10. The number of rotatable bonds is 9. The van der Waals surface area contributed by atoms with Crippen molar-refractivity contribution in [3.8, 4) is 6.07 Å². The summed E-state index contributed by atoms with van der Waals surface area (Å²) >= 11 is 0.